The van der Waals surface area contributed by atoms with Crippen LogP contribution in [-0.2, 0) is 6.18 Å². The topological polar surface area (TPSA) is 70.2 Å². The van der Waals surface area contributed by atoms with Crippen LogP contribution >= 0.6 is 11.6 Å². The summed E-state index contributed by atoms with van der Waals surface area (Å²) in [5.41, 5.74) is -1.54. The zero-order valence-electron chi connectivity index (χ0n) is 14.1. The molecule has 0 unspecified atom stereocenters. The van der Waals surface area contributed by atoms with Crippen LogP contribution in [0.25, 0.3) is 0 Å². The van der Waals surface area contributed by atoms with E-state index >= 15 is 0 Å². The molecule has 0 aliphatic heterocycles. The van der Waals surface area contributed by atoms with Crippen LogP contribution in [0.3, 0.4) is 0 Å². The second-order valence-corrected chi connectivity index (χ2v) is 6.10. The SMILES string of the molecule is CN(C)CCNc1cnc(C(=O)Nc2ccc(Cl)cc2C(F)(F)F)cn1. The first kappa shape index (κ1) is 19.9. The van der Waals surface area contributed by atoms with Crippen LogP contribution in [0.1, 0.15) is 16.1 Å². The maximum atomic E-state index is 13.1. The number of likely N-dealkylation sites (N-methyl/N-ethyl adjacent to an activating group) is 1. The van der Waals surface area contributed by atoms with Gasteiger partial charge in [-0.25, -0.2) is 9.97 Å². The lowest BCUT2D eigenvalue weighted by molar-refractivity contribution is -0.136. The van der Waals surface area contributed by atoms with E-state index in [-0.39, 0.29) is 10.7 Å². The van der Waals surface area contributed by atoms with E-state index in [0.717, 1.165) is 18.7 Å². The van der Waals surface area contributed by atoms with E-state index in [1.54, 1.807) is 0 Å². The number of alkyl halides is 3. The van der Waals surface area contributed by atoms with Gasteiger partial charge in [0.25, 0.3) is 5.91 Å². The molecule has 0 aliphatic carbocycles. The highest BCUT2D eigenvalue weighted by atomic mass is 35.5. The molecule has 1 amide bonds. The Kier molecular flexibility index (Phi) is 6.38. The summed E-state index contributed by atoms with van der Waals surface area (Å²) in [6, 6.07) is 3.10. The summed E-state index contributed by atoms with van der Waals surface area (Å²) in [5, 5.41) is 5.13. The molecule has 0 aliphatic rings. The minimum Gasteiger partial charge on any atom is -0.368 e. The molecule has 6 nitrogen and oxygen atoms in total. The molecule has 0 radical (unpaired) electrons. The summed E-state index contributed by atoms with van der Waals surface area (Å²) < 4.78 is 39.2. The highest BCUT2D eigenvalue weighted by Gasteiger charge is 2.34. The lowest BCUT2D eigenvalue weighted by Crippen LogP contribution is -2.21. The van der Waals surface area contributed by atoms with Crippen molar-refractivity contribution in [2.24, 2.45) is 0 Å². The van der Waals surface area contributed by atoms with Crippen molar-refractivity contribution in [3.8, 4) is 0 Å². The van der Waals surface area contributed by atoms with E-state index in [2.05, 4.69) is 20.6 Å². The molecule has 2 N–H and O–H groups in total. The molecule has 1 aromatic carbocycles. The van der Waals surface area contributed by atoms with Gasteiger partial charge in [0, 0.05) is 18.1 Å². The van der Waals surface area contributed by atoms with E-state index in [9.17, 15) is 18.0 Å². The number of carbonyl (C=O) groups is 1. The van der Waals surface area contributed by atoms with Crippen molar-refractivity contribution in [3.63, 3.8) is 0 Å². The molecule has 2 rings (SSSR count). The fourth-order valence-electron chi connectivity index (χ4n) is 1.99. The van der Waals surface area contributed by atoms with Crippen molar-refractivity contribution in [1.82, 2.24) is 14.9 Å². The van der Waals surface area contributed by atoms with Gasteiger partial charge in [-0.2, -0.15) is 13.2 Å². The lowest BCUT2D eigenvalue weighted by atomic mass is 10.1. The molecule has 1 heterocycles. The van der Waals surface area contributed by atoms with E-state index < -0.39 is 23.3 Å². The second-order valence-electron chi connectivity index (χ2n) is 5.66. The van der Waals surface area contributed by atoms with Crippen molar-refractivity contribution >= 4 is 29.0 Å². The number of hydrogen-bond acceptors (Lipinski definition) is 5. The molecule has 10 heteroatoms. The van der Waals surface area contributed by atoms with Gasteiger partial charge in [0.2, 0.25) is 0 Å². The summed E-state index contributed by atoms with van der Waals surface area (Å²) >= 11 is 5.61. The van der Waals surface area contributed by atoms with Gasteiger partial charge in [0.15, 0.2) is 0 Å². The van der Waals surface area contributed by atoms with Gasteiger partial charge in [-0.3, -0.25) is 4.79 Å². The van der Waals surface area contributed by atoms with E-state index in [1.807, 2.05) is 19.0 Å². The minimum atomic E-state index is -4.65. The van der Waals surface area contributed by atoms with Gasteiger partial charge in [0.05, 0.1) is 23.6 Å². The Hall–Kier alpha value is -2.39. The Bertz CT molecular complexity index is 765. The first-order valence-electron chi connectivity index (χ1n) is 7.55. The first-order chi connectivity index (χ1) is 12.2. The van der Waals surface area contributed by atoms with E-state index in [4.69, 9.17) is 11.6 Å². The van der Waals surface area contributed by atoms with Crippen molar-refractivity contribution in [2.45, 2.75) is 6.18 Å². The van der Waals surface area contributed by atoms with Crippen LogP contribution in [0.15, 0.2) is 30.6 Å². The average molecular weight is 388 g/mol. The predicted molar refractivity (Wildman–Crippen MR) is 93.5 cm³/mol. The number of nitrogens with one attached hydrogen (secondary N) is 2. The molecular weight excluding hydrogens is 371 g/mol. The fourth-order valence-corrected chi connectivity index (χ4v) is 2.16. The molecule has 2 aromatic rings. The largest absolute Gasteiger partial charge is 0.418 e. The number of aromatic nitrogens is 2. The van der Waals surface area contributed by atoms with E-state index in [0.29, 0.717) is 12.4 Å². The van der Waals surface area contributed by atoms with Gasteiger partial charge in [0.1, 0.15) is 11.5 Å². The third-order valence-electron chi connectivity index (χ3n) is 3.28. The second kappa shape index (κ2) is 8.33. The Morgan fingerprint density at radius 1 is 1.23 bits per heavy atom. The lowest BCUT2D eigenvalue weighted by Gasteiger charge is -2.14. The zero-order chi connectivity index (χ0) is 19.3. The summed E-state index contributed by atoms with van der Waals surface area (Å²) in [7, 11) is 3.85. The monoisotopic (exact) mass is 387 g/mol. The third-order valence-corrected chi connectivity index (χ3v) is 3.52. The fraction of sp³-hybridized carbons (Fsp3) is 0.312. The van der Waals surface area contributed by atoms with Crippen LogP contribution in [0.2, 0.25) is 5.02 Å². The molecule has 26 heavy (non-hydrogen) atoms. The van der Waals surface area contributed by atoms with Crippen LogP contribution in [0.5, 0.6) is 0 Å². The predicted octanol–water partition coefficient (Wildman–Crippen LogP) is 3.37. The van der Waals surface area contributed by atoms with Crippen molar-refractivity contribution in [1.29, 1.82) is 0 Å². The number of carbonyl (C=O) groups excluding carboxylic acids is 1. The van der Waals surface area contributed by atoms with Gasteiger partial charge >= 0.3 is 6.18 Å². The van der Waals surface area contributed by atoms with Crippen LogP contribution < -0.4 is 10.6 Å². The number of anilines is 2. The smallest absolute Gasteiger partial charge is 0.368 e. The highest BCUT2D eigenvalue weighted by molar-refractivity contribution is 6.30. The van der Waals surface area contributed by atoms with Crippen molar-refractivity contribution < 1.29 is 18.0 Å². The van der Waals surface area contributed by atoms with Crippen LogP contribution in [0.4, 0.5) is 24.7 Å². The maximum absolute atomic E-state index is 13.1. The van der Waals surface area contributed by atoms with Gasteiger partial charge in [-0.15, -0.1) is 0 Å². The summed E-state index contributed by atoms with van der Waals surface area (Å²) in [6.45, 7) is 1.41. The molecule has 0 saturated carbocycles. The number of benzene rings is 1. The number of nitrogens with zero attached hydrogens (tertiary/aromatic N) is 3. The van der Waals surface area contributed by atoms with Crippen LogP contribution in [0, 0.1) is 0 Å². The Morgan fingerprint density at radius 2 is 1.96 bits per heavy atom. The third kappa shape index (κ3) is 5.57. The summed E-state index contributed by atoms with van der Waals surface area (Å²) in [6.07, 6.45) is -2.12. The molecule has 0 bridgehead atoms. The molecule has 0 fully saturated rings. The number of rotatable bonds is 6. The highest BCUT2D eigenvalue weighted by Crippen LogP contribution is 2.36. The molecule has 1 aromatic heterocycles. The van der Waals surface area contributed by atoms with Crippen LogP contribution in [-0.4, -0.2) is 48.0 Å². The first-order valence-corrected chi connectivity index (χ1v) is 7.93. The van der Waals surface area contributed by atoms with Gasteiger partial charge in [-0.05, 0) is 32.3 Å². The number of amides is 1. The molecule has 140 valence electrons. The van der Waals surface area contributed by atoms with Gasteiger partial charge in [-0.1, -0.05) is 11.6 Å². The minimum absolute atomic E-state index is 0.0803. The molecule has 0 saturated heterocycles. The summed E-state index contributed by atoms with van der Waals surface area (Å²) in [4.78, 5) is 22.1. The molecule has 0 spiro atoms. The van der Waals surface area contributed by atoms with Crippen molar-refractivity contribution in [2.75, 3.05) is 37.8 Å². The maximum Gasteiger partial charge on any atom is 0.418 e. The number of halogens is 4. The standard InChI is InChI=1S/C16H17ClF3N5O/c1-25(2)6-5-21-14-9-22-13(8-23-14)15(26)24-12-4-3-10(17)7-11(12)16(18,19)20/h3-4,7-9H,5-6H2,1-2H3,(H,21,23)(H,24,26). The van der Waals surface area contributed by atoms with Crippen molar-refractivity contribution in [3.05, 3.63) is 46.9 Å². The average Bonchev–Trinajstić information content (AvgIpc) is 2.56. The zero-order valence-corrected chi connectivity index (χ0v) is 14.8. The Labute approximate surface area is 153 Å². The van der Waals surface area contributed by atoms with Gasteiger partial charge < -0.3 is 15.5 Å². The normalized spacial score (nSPS) is 11.5. The quantitative estimate of drug-likeness (QED) is 0.795. The molecule has 0 atom stereocenters. The van der Waals surface area contributed by atoms with E-state index in [1.165, 1.54) is 18.5 Å². The summed E-state index contributed by atoms with van der Waals surface area (Å²) in [5.74, 6) is -0.337. The molecular formula is C16H17ClF3N5O. The Morgan fingerprint density at radius 3 is 2.54 bits per heavy atom. The Balaban J connectivity index is 2.09. The number of hydrogen-bond donors (Lipinski definition) is 2.